The second-order valence-corrected chi connectivity index (χ2v) is 2.30. The van der Waals surface area contributed by atoms with Gasteiger partial charge in [-0.05, 0) is 19.9 Å². The number of hydrogen-bond acceptors (Lipinski definition) is 2. The molecule has 3 heteroatoms. The Bertz CT molecular complexity index is 208. The summed E-state index contributed by atoms with van der Waals surface area (Å²) >= 11 is 0. The summed E-state index contributed by atoms with van der Waals surface area (Å²) in [5, 5.41) is 4.26. The van der Waals surface area contributed by atoms with Gasteiger partial charge in [0.2, 0.25) is 0 Å². The van der Waals surface area contributed by atoms with Crippen LogP contribution in [0.4, 0.5) is 0 Å². The second-order valence-electron chi connectivity index (χ2n) is 2.30. The SMILES string of the molecule is CCOCc1ccn(CC)n1. The van der Waals surface area contributed by atoms with Crippen molar-refractivity contribution in [3.8, 4) is 0 Å². The topological polar surface area (TPSA) is 27.1 Å². The molecule has 0 aliphatic rings. The van der Waals surface area contributed by atoms with E-state index in [9.17, 15) is 0 Å². The van der Waals surface area contributed by atoms with Gasteiger partial charge in [-0.2, -0.15) is 5.10 Å². The van der Waals surface area contributed by atoms with Crippen LogP contribution >= 0.6 is 0 Å². The fourth-order valence-electron chi connectivity index (χ4n) is 0.863. The minimum absolute atomic E-state index is 0.628. The van der Waals surface area contributed by atoms with E-state index in [0.29, 0.717) is 6.61 Å². The molecule has 0 fully saturated rings. The number of nitrogens with zero attached hydrogens (tertiary/aromatic N) is 2. The summed E-state index contributed by atoms with van der Waals surface area (Å²) in [6, 6.07) is 1.99. The molecule has 0 spiro atoms. The maximum atomic E-state index is 5.20. The number of aryl methyl sites for hydroxylation is 1. The van der Waals surface area contributed by atoms with Crippen LogP contribution in [-0.2, 0) is 17.9 Å². The lowest BCUT2D eigenvalue weighted by Crippen LogP contribution is -1.97. The molecule has 0 bridgehead atoms. The first-order chi connectivity index (χ1) is 5.36. The van der Waals surface area contributed by atoms with E-state index in [4.69, 9.17) is 4.74 Å². The normalized spacial score (nSPS) is 10.4. The molecular formula is C8H14N2O. The van der Waals surface area contributed by atoms with Crippen molar-refractivity contribution in [2.24, 2.45) is 0 Å². The molecule has 0 saturated carbocycles. The lowest BCUT2D eigenvalue weighted by molar-refractivity contribution is 0.131. The van der Waals surface area contributed by atoms with Crippen molar-refractivity contribution in [1.29, 1.82) is 0 Å². The Morgan fingerprint density at radius 3 is 2.91 bits per heavy atom. The van der Waals surface area contributed by atoms with Crippen molar-refractivity contribution < 1.29 is 4.74 Å². The maximum absolute atomic E-state index is 5.20. The van der Waals surface area contributed by atoms with Crippen LogP contribution in [0.5, 0.6) is 0 Å². The highest BCUT2D eigenvalue weighted by Crippen LogP contribution is 1.97. The van der Waals surface area contributed by atoms with Crippen LogP contribution in [-0.4, -0.2) is 16.4 Å². The molecule has 0 N–H and O–H groups in total. The van der Waals surface area contributed by atoms with Crippen LogP contribution in [0.3, 0.4) is 0 Å². The fourth-order valence-corrected chi connectivity index (χ4v) is 0.863. The van der Waals surface area contributed by atoms with Gasteiger partial charge >= 0.3 is 0 Å². The number of aromatic nitrogens is 2. The van der Waals surface area contributed by atoms with E-state index in [0.717, 1.165) is 18.8 Å². The number of ether oxygens (including phenoxy) is 1. The third-order valence-electron chi connectivity index (χ3n) is 1.47. The van der Waals surface area contributed by atoms with E-state index in [-0.39, 0.29) is 0 Å². The Kier molecular flexibility index (Phi) is 3.11. The van der Waals surface area contributed by atoms with E-state index in [2.05, 4.69) is 12.0 Å². The predicted molar refractivity (Wildman–Crippen MR) is 43.2 cm³/mol. The molecule has 62 valence electrons. The monoisotopic (exact) mass is 154 g/mol. The van der Waals surface area contributed by atoms with Crippen LogP contribution in [0.25, 0.3) is 0 Å². The van der Waals surface area contributed by atoms with Gasteiger partial charge in [0.1, 0.15) is 0 Å². The highest BCUT2D eigenvalue weighted by molar-refractivity contribution is 4.96. The second kappa shape index (κ2) is 4.13. The summed E-state index contributed by atoms with van der Waals surface area (Å²) in [7, 11) is 0. The van der Waals surface area contributed by atoms with Crippen LogP contribution in [0.1, 0.15) is 19.5 Å². The molecule has 0 radical (unpaired) electrons. The van der Waals surface area contributed by atoms with E-state index in [1.807, 2.05) is 23.9 Å². The van der Waals surface area contributed by atoms with Crippen molar-refractivity contribution in [3.63, 3.8) is 0 Å². The predicted octanol–water partition coefficient (Wildman–Crippen LogP) is 1.44. The molecule has 1 aromatic heterocycles. The van der Waals surface area contributed by atoms with Gasteiger partial charge in [-0.3, -0.25) is 4.68 Å². The van der Waals surface area contributed by atoms with Crippen molar-refractivity contribution >= 4 is 0 Å². The molecule has 1 aromatic rings. The van der Waals surface area contributed by atoms with Gasteiger partial charge in [-0.25, -0.2) is 0 Å². The molecule has 0 atom stereocenters. The largest absolute Gasteiger partial charge is 0.375 e. The van der Waals surface area contributed by atoms with E-state index < -0.39 is 0 Å². The Hall–Kier alpha value is -0.830. The van der Waals surface area contributed by atoms with Gasteiger partial charge in [0.25, 0.3) is 0 Å². The summed E-state index contributed by atoms with van der Waals surface area (Å²) in [5.74, 6) is 0. The first-order valence-corrected chi connectivity index (χ1v) is 3.97. The average Bonchev–Trinajstić information content (AvgIpc) is 2.48. The van der Waals surface area contributed by atoms with Gasteiger partial charge in [-0.15, -0.1) is 0 Å². The maximum Gasteiger partial charge on any atom is 0.0906 e. The summed E-state index contributed by atoms with van der Waals surface area (Å²) in [5.41, 5.74) is 1.01. The van der Waals surface area contributed by atoms with Crippen molar-refractivity contribution in [2.45, 2.75) is 27.0 Å². The Balaban J connectivity index is 2.44. The summed E-state index contributed by atoms with van der Waals surface area (Å²) in [6.45, 7) is 6.35. The average molecular weight is 154 g/mol. The lowest BCUT2D eigenvalue weighted by Gasteiger charge is -1.95. The Morgan fingerprint density at radius 1 is 1.55 bits per heavy atom. The molecule has 3 nitrogen and oxygen atoms in total. The summed E-state index contributed by atoms with van der Waals surface area (Å²) in [4.78, 5) is 0. The minimum atomic E-state index is 0.628. The molecule has 11 heavy (non-hydrogen) atoms. The van der Waals surface area contributed by atoms with Gasteiger partial charge < -0.3 is 4.74 Å². The molecule has 0 saturated heterocycles. The van der Waals surface area contributed by atoms with Crippen molar-refractivity contribution in [2.75, 3.05) is 6.61 Å². The molecular weight excluding hydrogens is 140 g/mol. The van der Waals surface area contributed by atoms with Gasteiger partial charge in [0, 0.05) is 19.3 Å². The highest BCUT2D eigenvalue weighted by atomic mass is 16.5. The Morgan fingerprint density at radius 2 is 2.36 bits per heavy atom. The van der Waals surface area contributed by atoms with Gasteiger partial charge in [0.05, 0.1) is 12.3 Å². The number of rotatable bonds is 4. The Labute approximate surface area is 67.0 Å². The van der Waals surface area contributed by atoms with Crippen LogP contribution < -0.4 is 0 Å². The number of hydrogen-bond donors (Lipinski definition) is 0. The third kappa shape index (κ3) is 2.35. The highest BCUT2D eigenvalue weighted by Gasteiger charge is 1.95. The standard InChI is InChI=1S/C8H14N2O/c1-3-10-6-5-8(9-10)7-11-4-2/h5-6H,3-4,7H2,1-2H3. The van der Waals surface area contributed by atoms with E-state index >= 15 is 0 Å². The van der Waals surface area contributed by atoms with Crippen molar-refractivity contribution in [3.05, 3.63) is 18.0 Å². The van der Waals surface area contributed by atoms with Crippen LogP contribution in [0, 0.1) is 0 Å². The zero-order valence-electron chi connectivity index (χ0n) is 7.08. The van der Waals surface area contributed by atoms with E-state index in [1.54, 1.807) is 0 Å². The molecule has 1 rings (SSSR count). The molecule has 1 heterocycles. The zero-order chi connectivity index (χ0) is 8.10. The minimum Gasteiger partial charge on any atom is -0.375 e. The first kappa shape index (κ1) is 8.27. The quantitative estimate of drug-likeness (QED) is 0.656. The molecule has 0 aromatic carbocycles. The molecule has 0 aliphatic heterocycles. The summed E-state index contributed by atoms with van der Waals surface area (Å²) < 4.78 is 7.10. The van der Waals surface area contributed by atoms with E-state index in [1.165, 1.54) is 0 Å². The van der Waals surface area contributed by atoms with Gasteiger partial charge in [-0.1, -0.05) is 0 Å². The third-order valence-corrected chi connectivity index (χ3v) is 1.47. The van der Waals surface area contributed by atoms with Gasteiger partial charge in [0.15, 0.2) is 0 Å². The smallest absolute Gasteiger partial charge is 0.0906 e. The fraction of sp³-hybridized carbons (Fsp3) is 0.625. The molecule has 0 aliphatic carbocycles. The summed E-state index contributed by atoms with van der Waals surface area (Å²) in [6.07, 6.45) is 1.97. The lowest BCUT2D eigenvalue weighted by atomic mass is 10.5. The van der Waals surface area contributed by atoms with Crippen LogP contribution in [0.15, 0.2) is 12.3 Å². The molecule has 0 amide bonds. The first-order valence-electron chi connectivity index (χ1n) is 3.97. The van der Waals surface area contributed by atoms with Crippen LogP contribution in [0.2, 0.25) is 0 Å². The van der Waals surface area contributed by atoms with Crippen molar-refractivity contribution in [1.82, 2.24) is 9.78 Å². The molecule has 0 unspecified atom stereocenters. The zero-order valence-corrected chi connectivity index (χ0v) is 7.08.